The van der Waals surface area contributed by atoms with Crippen LogP contribution in [0.5, 0.6) is 5.75 Å². The largest absolute Gasteiger partial charge is 0.494 e. The van der Waals surface area contributed by atoms with Crippen molar-refractivity contribution in [1.29, 1.82) is 0 Å². The summed E-state index contributed by atoms with van der Waals surface area (Å²) in [6, 6.07) is 15.2. The Morgan fingerprint density at radius 3 is 2.62 bits per heavy atom. The molecule has 2 aromatic carbocycles. The molecule has 0 fully saturated rings. The Labute approximate surface area is 125 Å². The number of carboxylic acid groups (broad SMARTS) is 1. The molecule has 0 amide bonds. The van der Waals surface area contributed by atoms with Crippen molar-refractivity contribution in [3.63, 3.8) is 0 Å². The zero-order valence-corrected chi connectivity index (χ0v) is 12.4. The summed E-state index contributed by atoms with van der Waals surface area (Å²) in [5.74, 6) is -0.663. The highest BCUT2D eigenvalue weighted by Gasteiger charge is 2.21. The number of carbonyl (C=O) groups is 1. The number of carboxylic acids is 1. The summed E-state index contributed by atoms with van der Waals surface area (Å²) in [6.45, 7) is 4.48. The lowest BCUT2D eigenvalue weighted by molar-refractivity contribution is -0.138. The van der Waals surface area contributed by atoms with E-state index in [0.717, 1.165) is 16.7 Å². The van der Waals surface area contributed by atoms with E-state index in [1.807, 2.05) is 62.4 Å². The van der Waals surface area contributed by atoms with Gasteiger partial charge in [-0.25, -0.2) is 0 Å². The number of aliphatic carboxylic acids is 1. The maximum atomic E-state index is 11.6. The van der Waals surface area contributed by atoms with Gasteiger partial charge in [-0.3, -0.25) is 4.79 Å². The molecule has 0 saturated heterocycles. The summed E-state index contributed by atoms with van der Waals surface area (Å²) in [5, 5.41) is 9.56. The Balaban J connectivity index is 2.29. The number of hydrogen-bond donors (Lipinski definition) is 1. The second kappa shape index (κ2) is 6.93. The molecule has 0 spiro atoms. The van der Waals surface area contributed by atoms with Crippen LogP contribution >= 0.6 is 0 Å². The van der Waals surface area contributed by atoms with Gasteiger partial charge in [0.2, 0.25) is 0 Å². The van der Waals surface area contributed by atoms with Gasteiger partial charge < -0.3 is 9.84 Å². The van der Waals surface area contributed by atoms with Crippen LogP contribution in [0.15, 0.2) is 48.5 Å². The van der Waals surface area contributed by atoms with Crippen molar-refractivity contribution >= 4 is 5.97 Å². The van der Waals surface area contributed by atoms with Crippen molar-refractivity contribution < 1.29 is 14.6 Å². The summed E-state index contributed by atoms with van der Waals surface area (Å²) < 4.78 is 5.46. The van der Waals surface area contributed by atoms with Crippen LogP contribution in [0.1, 0.15) is 29.5 Å². The van der Waals surface area contributed by atoms with Gasteiger partial charge in [0, 0.05) is 0 Å². The van der Waals surface area contributed by atoms with Crippen LogP contribution in [0.2, 0.25) is 0 Å². The van der Waals surface area contributed by atoms with Gasteiger partial charge in [0.05, 0.1) is 12.5 Å². The molecule has 110 valence electrons. The molecular weight excluding hydrogens is 264 g/mol. The first-order valence-electron chi connectivity index (χ1n) is 7.12. The maximum Gasteiger partial charge on any atom is 0.311 e. The predicted octanol–water partition coefficient (Wildman–Crippen LogP) is 3.80. The third kappa shape index (κ3) is 3.85. The highest BCUT2D eigenvalue weighted by atomic mass is 16.5. The first-order valence-corrected chi connectivity index (χ1v) is 7.12. The summed E-state index contributed by atoms with van der Waals surface area (Å²) in [7, 11) is 0. The average Bonchev–Trinajstić information content (AvgIpc) is 2.46. The molecule has 2 rings (SSSR count). The SMILES string of the molecule is CCOc1cccc(C(Cc2ccccc2C)C(=O)O)c1. The fraction of sp³-hybridized carbons (Fsp3) is 0.278. The summed E-state index contributed by atoms with van der Waals surface area (Å²) in [4.78, 5) is 11.6. The summed E-state index contributed by atoms with van der Waals surface area (Å²) >= 11 is 0. The highest BCUT2D eigenvalue weighted by Crippen LogP contribution is 2.26. The van der Waals surface area contributed by atoms with Gasteiger partial charge in [0.1, 0.15) is 5.75 Å². The number of hydrogen-bond acceptors (Lipinski definition) is 2. The zero-order chi connectivity index (χ0) is 15.2. The van der Waals surface area contributed by atoms with Crippen molar-refractivity contribution in [2.75, 3.05) is 6.61 Å². The molecule has 0 aromatic heterocycles. The van der Waals surface area contributed by atoms with Crippen molar-refractivity contribution in [3.05, 3.63) is 65.2 Å². The van der Waals surface area contributed by atoms with E-state index in [9.17, 15) is 9.90 Å². The second-order valence-corrected chi connectivity index (χ2v) is 5.03. The third-order valence-electron chi connectivity index (χ3n) is 3.55. The Hall–Kier alpha value is -2.29. The van der Waals surface area contributed by atoms with Crippen LogP contribution in [0.25, 0.3) is 0 Å². The van der Waals surface area contributed by atoms with Gasteiger partial charge in [-0.2, -0.15) is 0 Å². The Morgan fingerprint density at radius 1 is 1.19 bits per heavy atom. The van der Waals surface area contributed by atoms with Gasteiger partial charge in [-0.15, -0.1) is 0 Å². The lowest BCUT2D eigenvalue weighted by Gasteiger charge is -2.15. The minimum atomic E-state index is -0.813. The Kier molecular flexibility index (Phi) is 4.99. The predicted molar refractivity (Wildman–Crippen MR) is 82.9 cm³/mol. The molecule has 0 aliphatic heterocycles. The van der Waals surface area contributed by atoms with E-state index >= 15 is 0 Å². The van der Waals surface area contributed by atoms with E-state index in [0.29, 0.717) is 18.8 Å². The monoisotopic (exact) mass is 284 g/mol. The molecule has 0 aliphatic rings. The fourth-order valence-electron chi connectivity index (χ4n) is 2.39. The second-order valence-electron chi connectivity index (χ2n) is 5.03. The highest BCUT2D eigenvalue weighted by molar-refractivity contribution is 5.76. The van der Waals surface area contributed by atoms with E-state index in [2.05, 4.69) is 0 Å². The number of aryl methyl sites for hydroxylation is 1. The van der Waals surface area contributed by atoms with E-state index in [1.54, 1.807) is 0 Å². The molecule has 21 heavy (non-hydrogen) atoms. The Morgan fingerprint density at radius 2 is 1.95 bits per heavy atom. The van der Waals surface area contributed by atoms with Crippen LogP contribution in [0, 0.1) is 6.92 Å². The molecule has 3 nitrogen and oxygen atoms in total. The third-order valence-corrected chi connectivity index (χ3v) is 3.55. The molecule has 1 unspecified atom stereocenters. The first-order chi connectivity index (χ1) is 10.1. The molecule has 0 heterocycles. The summed E-state index contributed by atoms with van der Waals surface area (Å²) in [6.07, 6.45) is 0.484. The van der Waals surface area contributed by atoms with Gasteiger partial charge in [-0.05, 0) is 49.1 Å². The van der Waals surface area contributed by atoms with E-state index in [1.165, 1.54) is 0 Å². The first kappa shape index (κ1) is 15.1. The van der Waals surface area contributed by atoms with Crippen molar-refractivity contribution in [2.45, 2.75) is 26.2 Å². The minimum absolute atomic E-state index is 0.484. The van der Waals surface area contributed by atoms with Crippen LogP contribution in [-0.2, 0) is 11.2 Å². The number of rotatable bonds is 6. The topological polar surface area (TPSA) is 46.5 Å². The van der Waals surface area contributed by atoms with Crippen LogP contribution < -0.4 is 4.74 Å². The molecule has 1 N–H and O–H groups in total. The van der Waals surface area contributed by atoms with Crippen LogP contribution in [0.3, 0.4) is 0 Å². The van der Waals surface area contributed by atoms with E-state index in [-0.39, 0.29) is 0 Å². The standard InChI is InChI=1S/C18H20O3/c1-3-21-16-10-6-9-15(11-16)17(18(19)20)12-14-8-5-4-7-13(14)2/h4-11,17H,3,12H2,1-2H3,(H,19,20). The average molecular weight is 284 g/mol. The maximum absolute atomic E-state index is 11.6. The molecule has 0 radical (unpaired) electrons. The van der Waals surface area contributed by atoms with Gasteiger partial charge >= 0.3 is 5.97 Å². The van der Waals surface area contributed by atoms with Crippen LogP contribution in [-0.4, -0.2) is 17.7 Å². The molecule has 0 aliphatic carbocycles. The quantitative estimate of drug-likeness (QED) is 0.877. The smallest absolute Gasteiger partial charge is 0.311 e. The van der Waals surface area contributed by atoms with Crippen molar-refractivity contribution in [1.82, 2.24) is 0 Å². The zero-order valence-electron chi connectivity index (χ0n) is 12.4. The molecule has 0 saturated carbocycles. The van der Waals surface area contributed by atoms with Crippen LogP contribution in [0.4, 0.5) is 0 Å². The lowest BCUT2D eigenvalue weighted by atomic mass is 9.90. The number of benzene rings is 2. The summed E-state index contributed by atoms with van der Waals surface area (Å²) in [5.41, 5.74) is 2.95. The number of ether oxygens (including phenoxy) is 1. The Bertz CT molecular complexity index is 619. The fourth-order valence-corrected chi connectivity index (χ4v) is 2.39. The van der Waals surface area contributed by atoms with E-state index in [4.69, 9.17) is 4.74 Å². The van der Waals surface area contributed by atoms with Crippen molar-refractivity contribution in [3.8, 4) is 5.75 Å². The molecule has 2 aromatic rings. The minimum Gasteiger partial charge on any atom is -0.494 e. The molecule has 3 heteroatoms. The van der Waals surface area contributed by atoms with Gasteiger partial charge in [-0.1, -0.05) is 36.4 Å². The van der Waals surface area contributed by atoms with Crippen molar-refractivity contribution in [2.24, 2.45) is 0 Å². The van der Waals surface area contributed by atoms with E-state index < -0.39 is 11.9 Å². The van der Waals surface area contributed by atoms with Gasteiger partial charge in [0.15, 0.2) is 0 Å². The molecular formula is C18H20O3. The molecule has 0 bridgehead atoms. The molecule has 1 atom stereocenters. The van der Waals surface area contributed by atoms with Gasteiger partial charge in [0.25, 0.3) is 0 Å². The normalized spacial score (nSPS) is 11.9. The lowest BCUT2D eigenvalue weighted by Crippen LogP contribution is -2.15.